The third kappa shape index (κ3) is 7.07. The molecule has 0 saturated heterocycles. The van der Waals surface area contributed by atoms with Crippen LogP contribution in [0.15, 0.2) is 46.9 Å². The van der Waals surface area contributed by atoms with Crippen LogP contribution in [-0.2, 0) is 17.6 Å². The van der Waals surface area contributed by atoms with Gasteiger partial charge in [-0.2, -0.15) is 13.2 Å². The highest BCUT2D eigenvalue weighted by Crippen LogP contribution is 2.32. The third-order valence-electron chi connectivity index (χ3n) is 4.70. The van der Waals surface area contributed by atoms with Crippen LogP contribution in [0.1, 0.15) is 55.7 Å². The van der Waals surface area contributed by atoms with Gasteiger partial charge in [-0.05, 0) is 53.8 Å². The summed E-state index contributed by atoms with van der Waals surface area (Å²) in [7, 11) is 0. The van der Waals surface area contributed by atoms with Crippen molar-refractivity contribution in [3.8, 4) is 5.75 Å². The van der Waals surface area contributed by atoms with Gasteiger partial charge in [0.25, 0.3) is 0 Å². The van der Waals surface area contributed by atoms with Gasteiger partial charge in [0, 0.05) is 4.47 Å². The van der Waals surface area contributed by atoms with Gasteiger partial charge in [0.2, 0.25) is 0 Å². The van der Waals surface area contributed by atoms with Crippen LogP contribution in [0.3, 0.4) is 0 Å². The van der Waals surface area contributed by atoms with Crippen molar-refractivity contribution in [2.24, 2.45) is 5.92 Å². The minimum absolute atomic E-state index is 0.0814. The molecule has 0 saturated carbocycles. The second kappa shape index (κ2) is 10.1. The lowest BCUT2D eigenvalue weighted by molar-refractivity contribution is -0.139. The summed E-state index contributed by atoms with van der Waals surface area (Å²) in [4.78, 5) is 11.8. The largest absolute Gasteiger partial charge is 0.489 e. The molecular formula is C22H24BrF3O3. The minimum Gasteiger partial charge on any atom is -0.489 e. The van der Waals surface area contributed by atoms with E-state index in [1.807, 2.05) is 6.92 Å². The summed E-state index contributed by atoms with van der Waals surface area (Å²) in [5.74, 6) is -0.803. The Hall–Kier alpha value is -2.02. The number of carboxylic acids is 1. The predicted molar refractivity (Wildman–Crippen MR) is 109 cm³/mol. The lowest BCUT2D eigenvalue weighted by Crippen LogP contribution is -2.15. The van der Waals surface area contributed by atoms with Crippen molar-refractivity contribution < 1.29 is 27.8 Å². The van der Waals surface area contributed by atoms with Gasteiger partial charge in [0.1, 0.15) is 12.4 Å². The molecule has 1 N–H and O–H groups in total. The maximum absolute atomic E-state index is 12.7. The molecule has 0 radical (unpaired) electrons. The van der Waals surface area contributed by atoms with Crippen molar-refractivity contribution in [1.29, 1.82) is 0 Å². The van der Waals surface area contributed by atoms with Crippen LogP contribution in [0.5, 0.6) is 5.75 Å². The Labute approximate surface area is 177 Å². The number of hydrogen-bond acceptors (Lipinski definition) is 2. The number of ether oxygens (including phenoxy) is 1. The maximum atomic E-state index is 12.7. The van der Waals surface area contributed by atoms with Crippen molar-refractivity contribution in [3.05, 3.63) is 63.6 Å². The van der Waals surface area contributed by atoms with E-state index in [-0.39, 0.29) is 12.5 Å². The Morgan fingerprint density at radius 1 is 1.17 bits per heavy atom. The Balaban J connectivity index is 2.14. The van der Waals surface area contributed by atoms with E-state index in [0.717, 1.165) is 25.0 Å². The van der Waals surface area contributed by atoms with Crippen LogP contribution in [0.25, 0.3) is 0 Å². The summed E-state index contributed by atoms with van der Waals surface area (Å²) in [6.07, 6.45) is -1.90. The Morgan fingerprint density at radius 3 is 2.38 bits per heavy atom. The zero-order valence-corrected chi connectivity index (χ0v) is 17.9. The highest BCUT2D eigenvalue weighted by molar-refractivity contribution is 9.10. The van der Waals surface area contributed by atoms with E-state index in [2.05, 4.69) is 22.9 Å². The first-order chi connectivity index (χ1) is 13.6. The Bertz CT molecular complexity index is 819. The fraction of sp³-hybridized carbons (Fsp3) is 0.409. The molecule has 0 aliphatic heterocycles. The molecule has 158 valence electrons. The molecule has 0 bridgehead atoms. The molecule has 0 aliphatic carbocycles. The highest BCUT2D eigenvalue weighted by Gasteiger charge is 2.30. The molecule has 0 heterocycles. The van der Waals surface area contributed by atoms with E-state index in [1.165, 1.54) is 12.1 Å². The minimum atomic E-state index is -4.38. The number of hydrogen-bond donors (Lipinski definition) is 1. The number of rotatable bonds is 9. The van der Waals surface area contributed by atoms with E-state index in [4.69, 9.17) is 4.74 Å². The molecule has 2 aromatic rings. The summed E-state index contributed by atoms with van der Waals surface area (Å²) in [6.45, 7) is 4.19. The first-order valence-corrected chi connectivity index (χ1v) is 10.2. The number of carboxylic acid groups (broad SMARTS) is 1. The molecule has 2 aromatic carbocycles. The van der Waals surface area contributed by atoms with Crippen LogP contribution >= 0.6 is 15.9 Å². The molecule has 29 heavy (non-hydrogen) atoms. The number of alkyl halides is 3. The summed E-state index contributed by atoms with van der Waals surface area (Å²) in [5, 5.41) is 9.68. The van der Waals surface area contributed by atoms with Crippen LogP contribution in [0, 0.1) is 5.92 Å². The maximum Gasteiger partial charge on any atom is 0.416 e. The lowest BCUT2D eigenvalue weighted by atomic mass is 9.87. The summed E-state index contributed by atoms with van der Waals surface area (Å²) in [6, 6.07) is 9.93. The molecule has 0 fully saturated rings. The Kier molecular flexibility index (Phi) is 8.14. The average molecular weight is 473 g/mol. The molecule has 2 atom stereocenters. The van der Waals surface area contributed by atoms with Crippen molar-refractivity contribution in [1.82, 2.24) is 0 Å². The highest BCUT2D eigenvalue weighted by atomic mass is 79.9. The SMILES string of the molecule is CCCC(C)CC(C(=O)O)c1cc(Br)cc(OCc2ccc(C(F)(F)F)cc2)c1. The van der Waals surface area contributed by atoms with E-state index in [1.54, 1.807) is 18.2 Å². The van der Waals surface area contributed by atoms with Gasteiger partial charge in [-0.25, -0.2) is 0 Å². The topological polar surface area (TPSA) is 46.5 Å². The van der Waals surface area contributed by atoms with Gasteiger partial charge in [-0.1, -0.05) is 54.8 Å². The summed E-state index contributed by atoms with van der Waals surface area (Å²) < 4.78 is 44.4. The number of carbonyl (C=O) groups is 1. The zero-order valence-electron chi connectivity index (χ0n) is 16.3. The molecule has 0 aliphatic rings. The quantitative estimate of drug-likeness (QED) is 0.425. The van der Waals surface area contributed by atoms with Crippen molar-refractivity contribution >= 4 is 21.9 Å². The first-order valence-electron chi connectivity index (χ1n) is 9.42. The van der Waals surface area contributed by atoms with E-state index in [9.17, 15) is 23.1 Å². The number of aliphatic carboxylic acids is 1. The average Bonchev–Trinajstić information content (AvgIpc) is 2.63. The molecule has 2 unspecified atom stereocenters. The second-order valence-corrected chi connectivity index (χ2v) is 8.14. The molecule has 7 heteroatoms. The molecule has 0 aromatic heterocycles. The molecule has 0 amide bonds. The molecular weight excluding hydrogens is 449 g/mol. The summed E-state index contributed by atoms with van der Waals surface area (Å²) in [5.41, 5.74) is 0.514. The van der Waals surface area contributed by atoms with Crippen LogP contribution < -0.4 is 4.74 Å². The van der Waals surface area contributed by atoms with Gasteiger partial charge in [-0.15, -0.1) is 0 Å². The standard InChI is InChI=1S/C22H24BrF3O3/c1-3-4-14(2)9-20(21(27)28)16-10-18(23)12-19(11-16)29-13-15-5-7-17(8-6-15)22(24,25)26/h5-8,10-12,14,20H,3-4,9,13H2,1-2H3,(H,27,28). The fourth-order valence-corrected chi connectivity index (χ4v) is 3.71. The number of benzene rings is 2. The molecule has 0 spiro atoms. The van der Waals surface area contributed by atoms with Crippen LogP contribution in [0.2, 0.25) is 0 Å². The van der Waals surface area contributed by atoms with Crippen molar-refractivity contribution in [2.45, 2.75) is 51.8 Å². The fourth-order valence-electron chi connectivity index (χ4n) is 3.22. The van der Waals surface area contributed by atoms with Crippen molar-refractivity contribution in [3.63, 3.8) is 0 Å². The van der Waals surface area contributed by atoms with E-state index >= 15 is 0 Å². The van der Waals surface area contributed by atoms with Gasteiger partial charge < -0.3 is 9.84 Å². The zero-order chi connectivity index (χ0) is 21.6. The first kappa shape index (κ1) is 23.3. The van der Waals surface area contributed by atoms with Gasteiger partial charge in [0.15, 0.2) is 0 Å². The monoisotopic (exact) mass is 472 g/mol. The second-order valence-electron chi connectivity index (χ2n) is 7.22. The predicted octanol–water partition coefficient (Wildman–Crippen LogP) is 7.04. The molecule has 3 nitrogen and oxygen atoms in total. The van der Waals surface area contributed by atoms with E-state index < -0.39 is 23.6 Å². The Morgan fingerprint density at radius 2 is 1.83 bits per heavy atom. The third-order valence-corrected chi connectivity index (χ3v) is 5.16. The van der Waals surface area contributed by atoms with Gasteiger partial charge in [-0.3, -0.25) is 4.79 Å². The smallest absolute Gasteiger partial charge is 0.416 e. The summed E-state index contributed by atoms with van der Waals surface area (Å²) >= 11 is 3.39. The normalized spacial score (nSPS) is 13.7. The van der Waals surface area contributed by atoms with Crippen LogP contribution in [-0.4, -0.2) is 11.1 Å². The lowest BCUT2D eigenvalue weighted by Gasteiger charge is -2.19. The van der Waals surface area contributed by atoms with Gasteiger partial charge >= 0.3 is 12.1 Å². The van der Waals surface area contributed by atoms with Crippen LogP contribution in [0.4, 0.5) is 13.2 Å². The van der Waals surface area contributed by atoms with Crippen molar-refractivity contribution in [2.75, 3.05) is 0 Å². The molecule has 2 rings (SSSR count). The number of halogens is 4. The van der Waals surface area contributed by atoms with E-state index in [0.29, 0.717) is 27.8 Å². The van der Waals surface area contributed by atoms with Gasteiger partial charge in [0.05, 0.1) is 11.5 Å².